The Balaban J connectivity index is 2.04. The molecule has 0 aliphatic rings. The zero-order chi connectivity index (χ0) is 20.4. The quantitative estimate of drug-likeness (QED) is 0.644. The van der Waals surface area contributed by atoms with Crippen LogP contribution in [-0.2, 0) is 19.1 Å². The summed E-state index contributed by atoms with van der Waals surface area (Å²) < 4.78 is 10.1. The van der Waals surface area contributed by atoms with Crippen LogP contribution in [0.4, 0.5) is 0 Å². The van der Waals surface area contributed by atoms with Crippen molar-refractivity contribution in [3.05, 3.63) is 71.8 Å². The van der Waals surface area contributed by atoms with Crippen LogP contribution in [0.3, 0.4) is 0 Å². The Morgan fingerprint density at radius 2 is 1.54 bits per heavy atom. The molecule has 2 aromatic carbocycles. The van der Waals surface area contributed by atoms with Gasteiger partial charge in [0.05, 0.1) is 6.61 Å². The summed E-state index contributed by atoms with van der Waals surface area (Å²) in [5.74, 6) is -1.58. The summed E-state index contributed by atoms with van der Waals surface area (Å²) >= 11 is 0. The van der Waals surface area contributed by atoms with Crippen LogP contribution in [0.15, 0.2) is 60.7 Å². The molecule has 2 aromatic rings. The molecule has 28 heavy (non-hydrogen) atoms. The van der Waals surface area contributed by atoms with Crippen LogP contribution in [-0.4, -0.2) is 44.1 Å². The van der Waals surface area contributed by atoms with Crippen LogP contribution < -0.4 is 10.6 Å². The van der Waals surface area contributed by atoms with Gasteiger partial charge >= 0.3 is 5.97 Å². The van der Waals surface area contributed by atoms with E-state index in [-0.39, 0.29) is 6.04 Å². The van der Waals surface area contributed by atoms with Gasteiger partial charge in [-0.05, 0) is 24.6 Å². The average molecular weight is 384 g/mol. The van der Waals surface area contributed by atoms with E-state index in [1.165, 1.54) is 7.11 Å². The zero-order valence-electron chi connectivity index (χ0n) is 15.9. The van der Waals surface area contributed by atoms with E-state index in [2.05, 4.69) is 10.6 Å². The van der Waals surface area contributed by atoms with Gasteiger partial charge in [0.25, 0.3) is 11.8 Å². The molecule has 0 saturated carbocycles. The molecule has 0 spiro atoms. The van der Waals surface area contributed by atoms with E-state index >= 15 is 0 Å². The summed E-state index contributed by atoms with van der Waals surface area (Å²) in [6, 6.07) is 16.0. The van der Waals surface area contributed by atoms with Crippen molar-refractivity contribution in [2.45, 2.75) is 19.0 Å². The normalized spacial score (nSPS) is 12.5. The Labute approximate surface area is 164 Å². The van der Waals surface area contributed by atoms with E-state index in [4.69, 9.17) is 9.47 Å². The van der Waals surface area contributed by atoms with Crippen LogP contribution >= 0.6 is 0 Å². The zero-order valence-corrected chi connectivity index (χ0v) is 15.9. The molecular weight excluding hydrogens is 360 g/mol. The molecule has 0 saturated heterocycles. The van der Waals surface area contributed by atoms with Crippen molar-refractivity contribution in [1.82, 2.24) is 10.6 Å². The number of esters is 1. The second kappa shape index (κ2) is 10.8. The highest BCUT2D eigenvalue weighted by atomic mass is 16.5. The van der Waals surface area contributed by atoms with E-state index in [9.17, 15) is 14.4 Å². The molecule has 2 N–H and O–H groups in total. The summed E-state index contributed by atoms with van der Waals surface area (Å²) in [6.45, 7) is 1.67. The van der Waals surface area contributed by atoms with Crippen LogP contribution in [0.1, 0.15) is 28.9 Å². The molecule has 2 unspecified atom stereocenters. The third-order valence-corrected chi connectivity index (χ3v) is 3.85. The van der Waals surface area contributed by atoms with E-state index in [1.54, 1.807) is 67.6 Å². The second-order valence-corrected chi connectivity index (χ2v) is 6.21. The Hall–Kier alpha value is -3.19. The lowest BCUT2D eigenvalue weighted by atomic mass is 10.1. The lowest BCUT2D eigenvalue weighted by molar-refractivity contribution is -0.150. The van der Waals surface area contributed by atoms with Crippen molar-refractivity contribution >= 4 is 17.8 Å². The maximum atomic E-state index is 12.6. The van der Waals surface area contributed by atoms with Gasteiger partial charge in [0.15, 0.2) is 12.6 Å². The number of carbonyl (C=O) groups is 3. The van der Waals surface area contributed by atoms with Crippen molar-refractivity contribution in [2.75, 3.05) is 20.3 Å². The molecule has 2 atom stereocenters. The highest BCUT2D eigenvalue weighted by Crippen LogP contribution is 2.15. The molecule has 7 nitrogen and oxygen atoms in total. The van der Waals surface area contributed by atoms with Crippen molar-refractivity contribution < 1.29 is 23.9 Å². The number of benzene rings is 2. The molecule has 2 rings (SSSR count). The molecule has 0 aliphatic carbocycles. The predicted molar refractivity (Wildman–Crippen MR) is 104 cm³/mol. The Morgan fingerprint density at radius 3 is 2.14 bits per heavy atom. The van der Waals surface area contributed by atoms with Gasteiger partial charge in [-0.1, -0.05) is 48.5 Å². The van der Waals surface area contributed by atoms with Crippen molar-refractivity contribution in [3.63, 3.8) is 0 Å². The Morgan fingerprint density at radius 1 is 0.929 bits per heavy atom. The molecule has 0 bridgehead atoms. The average Bonchev–Trinajstić information content (AvgIpc) is 2.71. The smallest absolute Gasteiger partial charge is 0.333 e. The first-order valence-corrected chi connectivity index (χ1v) is 8.87. The van der Waals surface area contributed by atoms with E-state index < -0.39 is 30.4 Å². The standard InChI is InChI=1S/C21H24N2O5/c1-15(13-27-2)22-18(24)14-28-21(26)19(16-9-5-3-6-10-16)23-20(25)17-11-7-4-8-12-17/h3-12,15,19H,13-14H2,1-2H3,(H,22,24)(H,23,25). The number of ether oxygens (including phenoxy) is 2. The van der Waals surface area contributed by atoms with Gasteiger partial charge in [-0.2, -0.15) is 0 Å². The lowest BCUT2D eigenvalue weighted by Crippen LogP contribution is -2.40. The number of hydrogen-bond acceptors (Lipinski definition) is 5. The van der Waals surface area contributed by atoms with Gasteiger partial charge < -0.3 is 20.1 Å². The summed E-state index contributed by atoms with van der Waals surface area (Å²) in [5.41, 5.74) is 0.979. The number of hydrogen-bond donors (Lipinski definition) is 2. The van der Waals surface area contributed by atoms with Gasteiger partial charge in [0.2, 0.25) is 0 Å². The fourth-order valence-electron chi connectivity index (χ4n) is 2.56. The minimum Gasteiger partial charge on any atom is -0.454 e. The highest BCUT2D eigenvalue weighted by Gasteiger charge is 2.25. The minimum atomic E-state index is -1.03. The first kappa shape index (κ1) is 21.1. The summed E-state index contributed by atoms with van der Waals surface area (Å²) in [7, 11) is 1.53. The predicted octanol–water partition coefficient (Wildman–Crippen LogP) is 1.85. The van der Waals surface area contributed by atoms with Crippen LogP contribution in [0.2, 0.25) is 0 Å². The van der Waals surface area contributed by atoms with Gasteiger partial charge in [0, 0.05) is 18.7 Å². The Bertz CT molecular complexity index is 780. The van der Waals surface area contributed by atoms with E-state index in [0.29, 0.717) is 17.7 Å². The monoisotopic (exact) mass is 384 g/mol. The number of carbonyl (C=O) groups excluding carboxylic acids is 3. The third-order valence-electron chi connectivity index (χ3n) is 3.85. The summed E-state index contributed by atoms with van der Waals surface area (Å²) in [5, 5.41) is 5.32. The topological polar surface area (TPSA) is 93.7 Å². The largest absolute Gasteiger partial charge is 0.454 e. The molecule has 148 valence electrons. The molecule has 0 aliphatic heterocycles. The second-order valence-electron chi connectivity index (χ2n) is 6.21. The number of nitrogens with one attached hydrogen (secondary N) is 2. The van der Waals surface area contributed by atoms with Crippen LogP contribution in [0.5, 0.6) is 0 Å². The molecule has 7 heteroatoms. The third kappa shape index (κ3) is 6.51. The van der Waals surface area contributed by atoms with E-state index in [1.807, 2.05) is 0 Å². The number of rotatable bonds is 9. The summed E-state index contributed by atoms with van der Waals surface area (Å²) in [6.07, 6.45) is 0. The van der Waals surface area contributed by atoms with Crippen molar-refractivity contribution in [2.24, 2.45) is 0 Å². The maximum Gasteiger partial charge on any atom is 0.333 e. The van der Waals surface area contributed by atoms with E-state index in [0.717, 1.165) is 0 Å². The molecule has 0 fully saturated rings. The first-order valence-electron chi connectivity index (χ1n) is 8.87. The lowest BCUT2D eigenvalue weighted by Gasteiger charge is -2.19. The van der Waals surface area contributed by atoms with Crippen LogP contribution in [0, 0.1) is 0 Å². The van der Waals surface area contributed by atoms with Gasteiger partial charge in [0.1, 0.15) is 0 Å². The molecule has 0 aromatic heterocycles. The number of methoxy groups -OCH3 is 1. The minimum absolute atomic E-state index is 0.209. The van der Waals surface area contributed by atoms with Crippen molar-refractivity contribution in [1.29, 1.82) is 0 Å². The molecular formula is C21H24N2O5. The molecule has 0 heterocycles. The van der Waals surface area contributed by atoms with Gasteiger partial charge in [-0.25, -0.2) is 4.79 Å². The number of amides is 2. The summed E-state index contributed by atoms with van der Waals surface area (Å²) in [4.78, 5) is 37.0. The first-order chi connectivity index (χ1) is 13.5. The maximum absolute atomic E-state index is 12.6. The molecule has 0 radical (unpaired) electrons. The van der Waals surface area contributed by atoms with Gasteiger partial charge in [-0.15, -0.1) is 0 Å². The fraction of sp³-hybridized carbons (Fsp3) is 0.286. The SMILES string of the molecule is COCC(C)NC(=O)COC(=O)C(NC(=O)c1ccccc1)c1ccccc1. The van der Waals surface area contributed by atoms with Crippen LogP contribution in [0.25, 0.3) is 0 Å². The Kier molecular flexibility index (Phi) is 8.17. The molecule has 2 amide bonds. The highest BCUT2D eigenvalue weighted by molar-refractivity contribution is 5.97. The van der Waals surface area contributed by atoms with Gasteiger partial charge in [-0.3, -0.25) is 9.59 Å². The fourth-order valence-corrected chi connectivity index (χ4v) is 2.56. The van der Waals surface area contributed by atoms with Crippen molar-refractivity contribution in [3.8, 4) is 0 Å².